The number of benzene rings is 1. The number of rotatable bonds is 3. The van der Waals surface area contributed by atoms with E-state index in [-0.39, 0.29) is 13.0 Å². The maximum Gasteiger partial charge on any atom is 0.322 e. The number of halogens is 2. The summed E-state index contributed by atoms with van der Waals surface area (Å²) in [4.78, 5) is 10.7. The molecule has 110 valence electrons. The average molecular weight is 366 g/mol. The molecule has 1 aromatic carbocycles. The molecular weight excluding hydrogens is 353 g/mol. The van der Waals surface area contributed by atoms with Crippen molar-refractivity contribution in [1.29, 1.82) is 0 Å². The number of piperidine rings is 1. The van der Waals surface area contributed by atoms with E-state index in [9.17, 15) is 17.6 Å². The van der Waals surface area contributed by atoms with Crippen molar-refractivity contribution in [3.05, 3.63) is 28.5 Å². The number of hydrogen-bond acceptors (Lipinski definition) is 3. The first-order valence-electron chi connectivity index (χ1n) is 6.04. The fourth-order valence-electron chi connectivity index (χ4n) is 2.25. The third-order valence-electron chi connectivity index (χ3n) is 3.22. The van der Waals surface area contributed by atoms with Crippen LogP contribution in [0.25, 0.3) is 0 Å². The van der Waals surface area contributed by atoms with E-state index in [1.54, 1.807) is 0 Å². The molecule has 0 aliphatic carbocycles. The molecule has 1 aliphatic rings. The van der Waals surface area contributed by atoms with Crippen molar-refractivity contribution in [2.45, 2.75) is 30.2 Å². The highest BCUT2D eigenvalue weighted by molar-refractivity contribution is 9.10. The molecule has 0 radical (unpaired) electrons. The van der Waals surface area contributed by atoms with Crippen molar-refractivity contribution in [1.82, 2.24) is 4.31 Å². The molecule has 1 fully saturated rings. The Morgan fingerprint density at radius 2 is 2.10 bits per heavy atom. The van der Waals surface area contributed by atoms with Gasteiger partial charge < -0.3 is 5.11 Å². The van der Waals surface area contributed by atoms with Gasteiger partial charge in [0.1, 0.15) is 16.8 Å². The predicted molar refractivity (Wildman–Crippen MR) is 73.3 cm³/mol. The minimum atomic E-state index is -4.15. The molecule has 8 heteroatoms. The Morgan fingerprint density at radius 1 is 1.40 bits per heavy atom. The van der Waals surface area contributed by atoms with Crippen LogP contribution in [0.15, 0.2) is 27.6 Å². The molecule has 1 aromatic rings. The SMILES string of the molecule is O=C(O)[C@@H]1CCCCN1S(=O)(=O)c1ccc(Br)cc1F. The molecule has 1 saturated heterocycles. The monoisotopic (exact) mass is 365 g/mol. The normalized spacial score (nSPS) is 20.8. The summed E-state index contributed by atoms with van der Waals surface area (Å²) in [6.07, 6.45) is 1.46. The van der Waals surface area contributed by atoms with Gasteiger partial charge in [-0.25, -0.2) is 12.8 Å². The number of aliphatic carboxylic acids is 1. The van der Waals surface area contributed by atoms with Gasteiger partial charge >= 0.3 is 5.97 Å². The maximum atomic E-state index is 13.8. The maximum absolute atomic E-state index is 13.8. The summed E-state index contributed by atoms with van der Waals surface area (Å²) >= 11 is 3.05. The zero-order valence-electron chi connectivity index (χ0n) is 10.4. The van der Waals surface area contributed by atoms with E-state index in [1.807, 2.05) is 0 Å². The first-order valence-corrected chi connectivity index (χ1v) is 8.27. The highest BCUT2D eigenvalue weighted by Crippen LogP contribution is 2.28. The van der Waals surface area contributed by atoms with Gasteiger partial charge in [-0.1, -0.05) is 15.9 Å². The molecular formula is C12H13BrFNO4S. The molecule has 0 bridgehead atoms. The summed E-state index contributed by atoms with van der Waals surface area (Å²) in [7, 11) is -4.15. The van der Waals surface area contributed by atoms with Gasteiger partial charge in [-0.2, -0.15) is 4.31 Å². The topological polar surface area (TPSA) is 74.7 Å². The Hall–Kier alpha value is -0.990. The van der Waals surface area contributed by atoms with Crippen molar-refractivity contribution in [2.24, 2.45) is 0 Å². The zero-order valence-corrected chi connectivity index (χ0v) is 12.8. The van der Waals surface area contributed by atoms with Gasteiger partial charge in [0.2, 0.25) is 10.0 Å². The van der Waals surface area contributed by atoms with E-state index >= 15 is 0 Å². The predicted octanol–water partition coefficient (Wildman–Crippen LogP) is 2.22. The summed E-state index contributed by atoms with van der Waals surface area (Å²) in [6.45, 7) is 0.0921. The van der Waals surface area contributed by atoms with Gasteiger partial charge in [0.25, 0.3) is 0 Å². The Morgan fingerprint density at radius 3 is 2.70 bits per heavy atom. The van der Waals surface area contributed by atoms with Gasteiger partial charge in [-0.15, -0.1) is 0 Å². The third kappa shape index (κ3) is 2.87. The van der Waals surface area contributed by atoms with Crippen molar-refractivity contribution in [2.75, 3.05) is 6.54 Å². The third-order valence-corrected chi connectivity index (χ3v) is 5.65. The Labute approximate surface area is 124 Å². The Balaban J connectivity index is 2.45. The van der Waals surface area contributed by atoms with Crippen LogP contribution in [0.5, 0.6) is 0 Å². The van der Waals surface area contributed by atoms with E-state index in [4.69, 9.17) is 5.11 Å². The molecule has 5 nitrogen and oxygen atoms in total. The van der Waals surface area contributed by atoms with Crippen LogP contribution in [0.2, 0.25) is 0 Å². The largest absolute Gasteiger partial charge is 0.480 e. The van der Waals surface area contributed by atoms with Crippen LogP contribution < -0.4 is 0 Å². The molecule has 20 heavy (non-hydrogen) atoms. The number of sulfonamides is 1. The number of carboxylic acid groups (broad SMARTS) is 1. The molecule has 1 atom stereocenters. The molecule has 2 rings (SSSR count). The van der Waals surface area contributed by atoms with Crippen LogP contribution >= 0.6 is 15.9 Å². The highest BCUT2D eigenvalue weighted by atomic mass is 79.9. The lowest BCUT2D eigenvalue weighted by Crippen LogP contribution is -2.48. The highest BCUT2D eigenvalue weighted by Gasteiger charge is 2.38. The summed E-state index contributed by atoms with van der Waals surface area (Å²) in [5.74, 6) is -2.10. The molecule has 1 N–H and O–H groups in total. The van der Waals surface area contributed by atoms with E-state index < -0.39 is 32.7 Å². The van der Waals surface area contributed by atoms with Crippen LogP contribution in [0.1, 0.15) is 19.3 Å². The quantitative estimate of drug-likeness (QED) is 0.890. The van der Waals surface area contributed by atoms with Gasteiger partial charge in [0, 0.05) is 11.0 Å². The summed E-state index contributed by atoms with van der Waals surface area (Å²) < 4.78 is 40.0. The van der Waals surface area contributed by atoms with Crippen LogP contribution in [0.4, 0.5) is 4.39 Å². The zero-order chi connectivity index (χ0) is 14.9. The average Bonchev–Trinajstić information content (AvgIpc) is 2.38. The van der Waals surface area contributed by atoms with Crippen LogP contribution in [-0.4, -0.2) is 36.4 Å². The second-order valence-corrected chi connectivity index (χ2v) is 7.31. The van der Waals surface area contributed by atoms with Crippen molar-refractivity contribution >= 4 is 31.9 Å². The van der Waals surface area contributed by atoms with Crippen molar-refractivity contribution in [3.63, 3.8) is 0 Å². The fourth-order valence-corrected chi connectivity index (χ4v) is 4.28. The minimum absolute atomic E-state index is 0.0921. The fraction of sp³-hybridized carbons (Fsp3) is 0.417. The smallest absolute Gasteiger partial charge is 0.322 e. The molecule has 0 amide bonds. The summed E-state index contributed by atoms with van der Waals surface area (Å²) in [6, 6.07) is 2.47. The first-order chi connectivity index (χ1) is 9.34. The van der Waals surface area contributed by atoms with Crippen molar-refractivity contribution < 1.29 is 22.7 Å². The Bertz CT molecular complexity index is 634. The molecule has 0 aromatic heterocycles. The molecule has 1 heterocycles. The molecule has 1 aliphatic heterocycles. The molecule has 0 saturated carbocycles. The second-order valence-electron chi connectivity index (χ2n) is 4.54. The van der Waals surface area contributed by atoms with Crippen molar-refractivity contribution in [3.8, 4) is 0 Å². The van der Waals surface area contributed by atoms with Gasteiger partial charge in [0.15, 0.2) is 0 Å². The van der Waals surface area contributed by atoms with Gasteiger partial charge in [-0.3, -0.25) is 4.79 Å². The summed E-state index contributed by atoms with van der Waals surface area (Å²) in [5.41, 5.74) is 0. The lowest BCUT2D eigenvalue weighted by molar-refractivity contribution is -0.142. The molecule has 0 unspecified atom stereocenters. The number of nitrogens with zero attached hydrogens (tertiary/aromatic N) is 1. The molecule has 0 spiro atoms. The van der Waals surface area contributed by atoms with Crippen LogP contribution in [-0.2, 0) is 14.8 Å². The summed E-state index contributed by atoms with van der Waals surface area (Å²) in [5, 5.41) is 9.12. The minimum Gasteiger partial charge on any atom is -0.480 e. The van der Waals surface area contributed by atoms with Gasteiger partial charge in [0.05, 0.1) is 0 Å². The van der Waals surface area contributed by atoms with Gasteiger partial charge in [-0.05, 0) is 37.5 Å². The number of hydrogen-bond donors (Lipinski definition) is 1. The van der Waals surface area contributed by atoms with E-state index in [1.165, 1.54) is 6.07 Å². The second kappa shape index (κ2) is 5.79. The number of carbonyl (C=O) groups is 1. The lowest BCUT2D eigenvalue weighted by atomic mass is 10.1. The lowest BCUT2D eigenvalue weighted by Gasteiger charge is -2.31. The van der Waals surface area contributed by atoms with E-state index in [0.717, 1.165) is 16.4 Å². The number of carboxylic acids is 1. The first kappa shape index (κ1) is 15.4. The van der Waals surface area contributed by atoms with E-state index in [2.05, 4.69) is 15.9 Å². The standard InChI is InChI=1S/C12H13BrFNO4S/c13-8-4-5-11(9(14)7-8)20(18,19)15-6-2-1-3-10(15)12(16)17/h4-5,7,10H,1-3,6H2,(H,16,17)/t10-/m0/s1. The van der Waals surface area contributed by atoms with Crippen LogP contribution in [0, 0.1) is 5.82 Å². The van der Waals surface area contributed by atoms with E-state index in [0.29, 0.717) is 17.3 Å². The Kier molecular flexibility index (Phi) is 4.46. The van der Waals surface area contributed by atoms with Crippen LogP contribution in [0.3, 0.4) is 0 Å².